The average molecular weight is 397 g/mol. The highest BCUT2D eigenvalue weighted by Crippen LogP contribution is 2.28. The maximum atomic E-state index is 12.3. The fourth-order valence-electron chi connectivity index (χ4n) is 2.80. The molecule has 0 saturated carbocycles. The summed E-state index contributed by atoms with van der Waals surface area (Å²) in [6, 6.07) is 10.5. The van der Waals surface area contributed by atoms with Crippen LogP contribution < -0.4 is 14.8 Å². The predicted molar refractivity (Wildman–Crippen MR) is 107 cm³/mol. The van der Waals surface area contributed by atoms with Crippen molar-refractivity contribution in [2.45, 2.75) is 26.7 Å². The summed E-state index contributed by atoms with van der Waals surface area (Å²) in [5.41, 5.74) is 2.75. The summed E-state index contributed by atoms with van der Waals surface area (Å²) in [7, 11) is 0. The van der Waals surface area contributed by atoms with Gasteiger partial charge in [-0.05, 0) is 48.2 Å². The van der Waals surface area contributed by atoms with E-state index < -0.39 is 12.6 Å². The number of esters is 1. The summed E-state index contributed by atoms with van der Waals surface area (Å²) in [5, 5.41) is 2.63. The number of amides is 1. The van der Waals surface area contributed by atoms with Gasteiger partial charge >= 0.3 is 5.97 Å². The third kappa shape index (κ3) is 5.13. The lowest BCUT2D eigenvalue weighted by Crippen LogP contribution is -2.25. The lowest BCUT2D eigenvalue weighted by molar-refractivity contribution is -0.144. The highest BCUT2D eigenvalue weighted by atomic mass is 16.6. The van der Waals surface area contributed by atoms with Crippen molar-refractivity contribution in [3.8, 4) is 11.5 Å². The molecule has 0 aliphatic carbocycles. The van der Waals surface area contributed by atoms with Gasteiger partial charge in [-0.2, -0.15) is 0 Å². The highest BCUT2D eigenvalue weighted by molar-refractivity contribution is 6.01. The third-order valence-electron chi connectivity index (χ3n) is 4.52. The van der Waals surface area contributed by atoms with E-state index in [1.54, 1.807) is 12.1 Å². The molecule has 1 N–H and O–H groups in total. The van der Waals surface area contributed by atoms with E-state index in [1.165, 1.54) is 6.07 Å². The number of ether oxygens (including phenoxy) is 3. The molecule has 0 fully saturated rings. The van der Waals surface area contributed by atoms with Gasteiger partial charge < -0.3 is 19.5 Å². The molecule has 2 aromatic carbocycles. The maximum Gasteiger partial charge on any atom is 0.344 e. The van der Waals surface area contributed by atoms with Crippen molar-refractivity contribution in [1.82, 2.24) is 0 Å². The molecule has 0 spiro atoms. The molecule has 0 radical (unpaired) electrons. The standard InChI is InChI=1S/C22H23NO6/c1-13(2)15-5-4-14(3)20(9-15)28-12-22(26)29-10-18(24)16-6-7-19-17(8-16)23-21(25)11-27-19/h4-9,13H,10-12H2,1-3H3,(H,23,25). The summed E-state index contributed by atoms with van der Waals surface area (Å²) in [6.07, 6.45) is 0. The van der Waals surface area contributed by atoms with Crippen LogP contribution in [-0.4, -0.2) is 37.5 Å². The zero-order chi connectivity index (χ0) is 21.0. The predicted octanol–water partition coefficient (Wildman–Crippen LogP) is 3.25. The van der Waals surface area contributed by atoms with E-state index in [1.807, 2.05) is 25.1 Å². The average Bonchev–Trinajstić information content (AvgIpc) is 2.70. The van der Waals surface area contributed by atoms with E-state index in [9.17, 15) is 14.4 Å². The number of carbonyl (C=O) groups is 3. The Bertz CT molecular complexity index is 950. The summed E-state index contributed by atoms with van der Waals surface area (Å²) in [5.74, 6) is 0.133. The van der Waals surface area contributed by atoms with Crippen LogP contribution in [0.1, 0.15) is 41.3 Å². The zero-order valence-corrected chi connectivity index (χ0v) is 16.6. The van der Waals surface area contributed by atoms with E-state index in [0.717, 1.165) is 11.1 Å². The van der Waals surface area contributed by atoms with Crippen LogP contribution in [0.25, 0.3) is 0 Å². The third-order valence-corrected chi connectivity index (χ3v) is 4.52. The van der Waals surface area contributed by atoms with Crippen LogP contribution in [0.15, 0.2) is 36.4 Å². The Morgan fingerprint density at radius 2 is 1.93 bits per heavy atom. The minimum Gasteiger partial charge on any atom is -0.482 e. The second kappa shape index (κ2) is 8.77. The van der Waals surface area contributed by atoms with Gasteiger partial charge in [0, 0.05) is 5.56 Å². The first-order chi connectivity index (χ1) is 13.8. The SMILES string of the molecule is Cc1ccc(C(C)C)cc1OCC(=O)OCC(=O)c1ccc2c(c1)NC(=O)CO2. The molecule has 7 nitrogen and oxygen atoms in total. The lowest BCUT2D eigenvalue weighted by atomic mass is 10.0. The van der Waals surface area contributed by atoms with Gasteiger partial charge in [-0.1, -0.05) is 26.0 Å². The number of anilines is 1. The minimum atomic E-state index is -0.637. The van der Waals surface area contributed by atoms with Crippen molar-refractivity contribution in [2.75, 3.05) is 25.1 Å². The van der Waals surface area contributed by atoms with Gasteiger partial charge in [-0.3, -0.25) is 9.59 Å². The Morgan fingerprint density at radius 3 is 2.69 bits per heavy atom. The van der Waals surface area contributed by atoms with Crippen LogP contribution in [0.2, 0.25) is 0 Å². The van der Waals surface area contributed by atoms with Crippen LogP contribution in [0.5, 0.6) is 11.5 Å². The van der Waals surface area contributed by atoms with E-state index in [0.29, 0.717) is 28.7 Å². The van der Waals surface area contributed by atoms with Gasteiger partial charge in [0.2, 0.25) is 0 Å². The first kappa shape index (κ1) is 20.4. The molecule has 0 bridgehead atoms. The second-order valence-electron chi connectivity index (χ2n) is 7.10. The normalized spacial score (nSPS) is 12.6. The largest absolute Gasteiger partial charge is 0.482 e. The highest BCUT2D eigenvalue weighted by Gasteiger charge is 2.18. The topological polar surface area (TPSA) is 90.9 Å². The van der Waals surface area contributed by atoms with Gasteiger partial charge in [-0.15, -0.1) is 0 Å². The molecule has 1 heterocycles. The number of nitrogens with one attached hydrogen (secondary N) is 1. The zero-order valence-electron chi connectivity index (χ0n) is 16.6. The van der Waals surface area contributed by atoms with Gasteiger partial charge in [0.15, 0.2) is 25.6 Å². The van der Waals surface area contributed by atoms with Crippen molar-refractivity contribution in [3.63, 3.8) is 0 Å². The molecular weight excluding hydrogens is 374 g/mol. The Labute approximate surface area is 169 Å². The van der Waals surface area contributed by atoms with Crippen LogP contribution in [0, 0.1) is 6.92 Å². The van der Waals surface area contributed by atoms with Crippen LogP contribution >= 0.6 is 0 Å². The molecule has 1 aliphatic rings. The number of carbonyl (C=O) groups excluding carboxylic acids is 3. The number of aryl methyl sites for hydroxylation is 1. The number of benzene rings is 2. The number of Topliss-reactive ketones (excluding diaryl/α,β-unsaturated/α-hetero) is 1. The summed E-state index contributed by atoms with van der Waals surface area (Å²) in [6.45, 7) is 5.29. The molecule has 0 saturated heterocycles. The minimum absolute atomic E-state index is 0.0581. The number of rotatable bonds is 7. The summed E-state index contributed by atoms with van der Waals surface area (Å²) in [4.78, 5) is 35.7. The van der Waals surface area contributed by atoms with Gasteiger partial charge in [-0.25, -0.2) is 4.79 Å². The fourth-order valence-corrected chi connectivity index (χ4v) is 2.80. The first-order valence-corrected chi connectivity index (χ1v) is 9.32. The van der Waals surface area contributed by atoms with Crippen molar-refractivity contribution >= 4 is 23.3 Å². The smallest absolute Gasteiger partial charge is 0.344 e. The van der Waals surface area contributed by atoms with Crippen molar-refractivity contribution < 1.29 is 28.6 Å². The van der Waals surface area contributed by atoms with Gasteiger partial charge in [0.1, 0.15) is 11.5 Å². The molecule has 0 atom stereocenters. The number of fused-ring (bicyclic) bond motifs is 1. The Morgan fingerprint density at radius 1 is 1.14 bits per heavy atom. The van der Waals surface area contributed by atoms with E-state index in [-0.39, 0.29) is 24.9 Å². The van der Waals surface area contributed by atoms with Crippen LogP contribution in [-0.2, 0) is 14.3 Å². The molecule has 7 heteroatoms. The first-order valence-electron chi connectivity index (χ1n) is 9.32. The van der Waals surface area contributed by atoms with E-state index in [2.05, 4.69) is 19.2 Å². The molecular formula is C22H23NO6. The lowest BCUT2D eigenvalue weighted by Gasteiger charge is -2.18. The molecule has 0 unspecified atom stereocenters. The van der Waals surface area contributed by atoms with Crippen molar-refractivity contribution in [2.24, 2.45) is 0 Å². The fraction of sp³-hybridized carbons (Fsp3) is 0.318. The van der Waals surface area contributed by atoms with Gasteiger partial charge in [0.25, 0.3) is 5.91 Å². The number of ketones is 1. The molecule has 3 rings (SSSR count). The monoisotopic (exact) mass is 397 g/mol. The van der Waals surface area contributed by atoms with E-state index in [4.69, 9.17) is 14.2 Å². The summed E-state index contributed by atoms with van der Waals surface area (Å²) < 4.78 is 15.8. The van der Waals surface area contributed by atoms with Crippen LogP contribution in [0.3, 0.4) is 0 Å². The molecule has 29 heavy (non-hydrogen) atoms. The molecule has 2 aromatic rings. The molecule has 152 valence electrons. The second-order valence-corrected chi connectivity index (χ2v) is 7.10. The Hall–Kier alpha value is -3.35. The maximum absolute atomic E-state index is 12.3. The summed E-state index contributed by atoms with van der Waals surface area (Å²) >= 11 is 0. The number of hydrogen-bond acceptors (Lipinski definition) is 6. The van der Waals surface area contributed by atoms with E-state index >= 15 is 0 Å². The van der Waals surface area contributed by atoms with Crippen molar-refractivity contribution in [1.29, 1.82) is 0 Å². The van der Waals surface area contributed by atoms with Crippen molar-refractivity contribution in [3.05, 3.63) is 53.1 Å². The Balaban J connectivity index is 1.53. The molecule has 1 aliphatic heterocycles. The molecule has 1 amide bonds. The molecule has 0 aromatic heterocycles. The van der Waals surface area contributed by atoms with Crippen LogP contribution in [0.4, 0.5) is 5.69 Å². The number of hydrogen-bond donors (Lipinski definition) is 1. The quantitative estimate of drug-likeness (QED) is 0.570. The van der Waals surface area contributed by atoms with Gasteiger partial charge in [0.05, 0.1) is 5.69 Å². The Kier molecular flexibility index (Phi) is 6.16.